The predicted octanol–water partition coefficient (Wildman–Crippen LogP) is 0.262. The normalized spacial score (nSPS) is 17.6. The molecular weight excluding hydrogens is 724 g/mol. The van der Waals surface area contributed by atoms with Gasteiger partial charge in [-0.25, -0.2) is 0 Å². The van der Waals surface area contributed by atoms with E-state index in [1.54, 1.807) is 65.2 Å². The summed E-state index contributed by atoms with van der Waals surface area (Å²) >= 11 is 0. The maximum atomic E-state index is 13.8. The first kappa shape index (κ1) is 50.1. The zero-order chi connectivity index (χ0) is 42.9. The van der Waals surface area contributed by atoms with Crippen LogP contribution in [0.25, 0.3) is 0 Å². The highest BCUT2D eigenvalue weighted by Gasteiger charge is 2.39. The second kappa shape index (κ2) is 24.6. The molecule has 0 radical (unpaired) electrons. The summed E-state index contributed by atoms with van der Waals surface area (Å²) in [6.07, 6.45) is 0.945. The fourth-order valence-corrected chi connectivity index (χ4v) is 6.74. The number of rotatable bonds is 26. The van der Waals surface area contributed by atoms with E-state index in [4.69, 9.17) is 17.2 Å². The molecule has 17 nitrogen and oxygen atoms in total. The molecule has 1 fully saturated rings. The van der Waals surface area contributed by atoms with Crippen molar-refractivity contribution < 1.29 is 43.5 Å². The van der Waals surface area contributed by atoms with Crippen LogP contribution in [0.4, 0.5) is 0 Å². The largest absolute Gasteiger partial charge is 0.480 e. The van der Waals surface area contributed by atoms with Crippen molar-refractivity contribution in [3.05, 3.63) is 0 Å². The molecule has 1 heterocycles. The number of carbonyl (C=O) groups is 8. The van der Waals surface area contributed by atoms with Crippen molar-refractivity contribution in [2.24, 2.45) is 46.8 Å². The van der Waals surface area contributed by atoms with Crippen molar-refractivity contribution in [2.45, 2.75) is 125 Å². The smallest absolute Gasteiger partial charge is 0.320 e. The Bertz CT molecular complexity index is 1360. The fraction of sp³-hybridized carbons (Fsp3) is 0.795. The Kier molecular flexibility index (Phi) is 22.0. The minimum Gasteiger partial charge on any atom is -0.480 e. The van der Waals surface area contributed by atoms with Crippen LogP contribution in [-0.4, -0.2) is 137 Å². The van der Waals surface area contributed by atoms with E-state index in [-0.39, 0.29) is 137 Å². The minimum atomic E-state index is -1.21. The van der Waals surface area contributed by atoms with Gasteiger partial charge in [0.15, 0.2) is 5.78 Å². The summed E-state index contributed by atoms with van der Waals surface area (Å²) in [6, 6.07) is -3.23. The van der Waals surface area contributed by atoms with E-state index in [1.165, 1.54) is 4.90 Å². The number of carbonyl (C=O) groups excluding carboxylic acids is 7. The Morgan fingerprint density at radius 3 is 1.91 bits per heavy atom. The number of nitrogens with zero attached hydrogens (tertiary/aromatic N) is 3. The van der Waals surface area contributed by atoms with Gasteiger partial charge in [-0.2, -0.15) is 0 Å². The molecule has 320 valence electrons. The van der Waals surface area contributed by atoms with E-state index in [2.05, 4.69) is 10.6 Å². The monoisotopic (exact) mass is 795 g/mol. The highest BCUT2D eigenvalue weighted by atomic mass is 16.4. The quantitative estimate of drug-likeness (QED) is 0.0689. The number of aliphatic carboxylic acids is 1. The Morgan fingerprint density at radius 1 is 0.786 bits per heavy atom. The molecule has 0 aromatic heterocycles. The number of Topliss-reactive ketones (excluding diaryl/α,β-unsaturated/α-hetero) is 2. The Hall–Kier alpha value is -3.96. The number of hydrogen-bond donors (Lipinski definition) is 6. The summed E-state index contributed by atoms with van der Waals surface area (Å²) in [5.41, 5.74) is 17.1. The lowest BCUT2D eigenvalue weighted by Gasteiger charge is -2.32. The number of ketones is 2. The van der Waals surface area contributed by atoms with E-state index < -0.39 is 42.0 Å². The van der Waals surface area contributed by atoms with Crippen LogP contribution in [0.2, 0.25) is 0 Å². The number of likely N-dealkylation sites (tertiary alicyclic amines) is 1. The van der Waals surface area contributed by atoms with Gasteiger partial charge >= 0.3 is 5.97 Å². The summed E-state index contributed by atoms with van der Waals surface area (Å²) in [5, 5.41) is 14.7. The summed E-state index contributed by atoms with van der Waals surface area (Å²) in [7, 11) is 0. The van der Waals surface area contributed by atoms with Crippen LogP contribution in [0.5, 0.6) is 0 Å². The SMILES string of the molecule is CC(C)C(=O)CCN(C[C@@H]1CC(CC(C)C(=O)[C@H](CCN)NC(=O)CCN(CCNC(=O)[C@H](C)N)C(=O)C(C)C)CN1C(=O)CC[C@H](N)C(=O)O)C(=O)C(C)C. The summed E-state index contributed by atoms with van der Waals surface area (Å²) in [5.74, 6) is -4.46. The zero-order valence-corrected chi connectivity index (χ0v) is 34.9. The summed E-state index contributed by atoms with van der Waals surface area (Å²) in [6.45, 7) is 15.1. The lowest BCUT2D eigenvalue weighted by molar-refractivity contribution is -0.140. The molecule has 1 aliphatic rings. The van der Waals surface area contributed by atoms with Crippen LogP contribution in [0, 0.1) is 29.6 Å². The van der Waals surface area contributed by atoms with E-state index in [9.17, 15) is 43.5 Å². The lowest BCUT2D eigenvalue weighted by Crippen LogP contribution is -2.47. The third-order valence-corrected chi connectivity index (χ3v) is 10.1. The first-order chi connectivity index (χ1) is 26.1. The Balaban J connectivity index is 3.12. The molecule has 56 heavy (non-hydrogen) atoms. The van der Waals surface area contributed by atoms with Crippen LogP contribution in [0.15, 0.2) is 0 Å². The highest BCUT2D eigenvalue weighted by molar-refractivity contribution is 5.91. The molecule has 0 saturated carbocycles. The van der Waals surface area contributed by atoms with Gasteiger partial charge in [0.1, 0.15) is 11.8 Å². The number of hydrogen-bond acceptors (Lipinski definition) is 11. The van der Waals surface area contributed by atoms with Crippen molar-refractivity contribution in [1.29, 1.82) is 0 Å². The molecule has 1 aliphatic heterocycles. The molecule has 0 aromatic carbocycles. The van der Waals surface area contributed by atoms with Gasteiger partial charge in [-0.05, 0) is 45.1 Å². The van der Waals surface area contributed by atoms with Crippen LogP contribution in [-0.2, 0) is 38.4 Å². The third kappa shape index (κ3) is 17.0. The maximum absolute atomic E-state index is 13.8. The molecular formula is C39H70N8O9. The van der Waals surface area contributed by atoms with Gasteiger partial charge in [-0.3, -0.25) is 38.4 Å². The molecule has 0 bridgehead atoms. The van der Waals surface area contributed by atoms with Crippen LogP contribution in [0.1, 0.15) is 100 Å². The first-order valence-corrected chi connectivity index (χ1v) is 20.1. The second-order valence-electron chi connectivity index (χ2n) is 16.1. The molecule has 0 aliphatic carbocycles. The minimum absolute atomic E-state index is 0.0160. The van der Waals surface area contributed by atoms with Crippen molar-refractivity contribution >= 4 is 47.1 Å². The number of carboxylic acid groups (broad SMARTS) is 1. The summed E-state index contributed by atoms with van der Waals surface area (Å²) < 4.78 is 0. The molecule has 6 atom stereocenters. The molecule has 5 amide bonds. The lowest BCUT2D eigenvalue weighted by atomic mass is 9.87. The van der Waals surface area contributed by atoms with Crippen molar-refractivity contribution in [1.82, 2.24) is 25.3 Å². The van der Waals surface area contributed by atoms with Gasteiger partial charge in [-0.1, -0.05) is 48.5 Å². The standard InChI is InChI=1S/C39H70N8O9/c1-23(2)32(48)12-16-46(38(54)25(5)6)22-29-20-28(21-47(29)34(50)10-9-30(42)39(55)56)19-26(7)35(51)31(11-14-40)44-33(49)13-17-45(37(53)24(3)4)18-15-43-36(52)27(8)41/h23-31H,9-22,40-42H2,1-8H3,(H,43,52)(H,44,49)(H,55,56)/t26?,27-,28?,29-,30-,31-/m0/s1. The van der Waals surface area contributed by atoms with Gasteiger partial charge in [-0.15, -0.1) is 0 Å². The Labute approximate surface area is 332 Å². The first-order valence-electron chi connectivity index (χ1n) is 20.1. The van der Waals surface area contributed by atoms with E-state index in [0.717, 1.165) is 0 Å². The zero-order valence-electron chi connectivity index (χ0n) is 34.9. The summed E-state index contributed by atoms with van der Waals surface area (Å²) in [4.78, 5) is 107. The Morgan fingerprint density at radius 2 is 1.38 bits per heavy atom. The molecule has 17 heteroatoms. The van der Waals surface area contributed by atoms with E-state index >= 15 is 0 Å². The third-order valence-electron chi connectivity index (χ3n) is 10.1. The van der Waals surface area contributed by atoms with Gasteiger partial charge in [0, 0.05) is 88.2 Å². The van der Waals surface area contributed by atoms with Crippen molar-refractivity contribution in [2.75, 3.05) is 45.8 Å². The number of nitrogens with one attached hydrogen (secondary N) is 2. The number of carboxylic acids is 1. The maximum Gasteiger partial charge on any atom is 0.320 e. The molecule has 0 aromatic rings. The number of nitrogens with two attached hydrogens (primary N) is 3. The molecule has 2 unspecified atom stereocenters. The predicted molar refractivity (Wildman–Crippen MR) is 211 cm³/mol. The average Bonchev–Trinajstić information content (AvgIpc) is 3.53. The van der Waals surface area contributed by atoms with Crippen LogP contribution in [0.3, 0.4) is 0 Å². The molecule has 9 N–H and O–H groups in total. The van der Waals surface area contributed by atoms with E-state index in [1.807, 2.05) is 0 Å². The molecule has 0 spiro atoms. The van der Waals surface area contributed by atoms with E-state index in [0.29, 0.717) is 12.8 Å². The van der Waals surface area contributed by atoms with Gasteiger partial charge < -0.3 is 47.6 Å². The van der Waals surface area contributed by atoms with Crippen molar-refractivity contribution in [3.63, 3.8) is 0 Å². The second-order valence-corrected chi connectivity index (χ2v) is 16.1. The molecule has 1 rings (SSSR count). The van der Waals surface area contributed by atoms with Gasteiger partial charge in [0.25, 0.3) is 0 Å². The average molecular weight is 795 g/mol. The topological polar surface area (TPSA) is 269 Å². The van der Waals surface area contributed by atoms with Gasteiger partial charge in [0.2, 0.25) is 29.5 Å². The van der Waals surface area contributed by atoms with Gasteiger partial charge in [0.05, 0.1) is 12.1 Å². The number of amides is 5. The fourth-order valence-electron chi connectivity index (χ4n) is 6.74. The molecule has 1 saturated heterocycles. The highest BCUT2D eigenvalue weighted by Crippen LogP contribution is 2.31. The van der Waals surface area contributed by atoms with Crippen LogP contribution >= 0.6 is 0 Å². The van der Waals surface area contributed by atoms with Crippen molar-refractivity contribution in [3.8, 4) is 0 Å². The van der Waals surface area contributed by atoms with Crippen LogP contribution < -0.4 is 27.8 Å².